The molecule has 0 fully saturated rings. The minimum atomic E-state index is 0.348. The van der Waals surface area contributed by atoms with E-state index in [1.807, 2.05) is 0 Å². The molecule has 1 aromatic rings. The van der Waals surface area contributed by atoms with Gasteiger partial charge >= 0.3 is 0 Å². The van der Waals surface area contributed by atoms with Crippen LogP contribution >= 0.6 is 12.2 Å². The Kier molecular flexibility index (Phi) is 3.25. The van der Waals surface area contributed by atoms with Crippen LogP contribution in [0.2, 0.25) is 0 Å². The van der Waals surface area contributed by atoms with E-state index in [2.05, 4.69) is 37.4 Å². The van der Waals surface area contributed by atoms with E-state index in [-0.39, 0.29) is 0 Å². The van der Waals surface area contributed by atoms with Gasteiger partial charge in [-0.2, -0.15) is 0 Å². The fourth-order valence-corrected chi connectivity index (χ4v) is 1.25. The summed E-state index contributed by atoms with van der Waals surface area (Å²) in [4.78, 5) is 0. The Balaban J connectivity index is 2.75. The summed E-state index contributed by atoms with van der Waals surface area (Å²) in [5.41, 5.74) is 9.11. The van der Waals surface area contributed by atoms with Gasteiger partial charge in [0.05, 0.1) is 0 Å². The lowest BCUT2D eigenvalue weighted by Gasteiger charge is -2.08. The van der Waals surface area contributed by atoms with Crippen LogP contribution in [-0.2, 0) is 6.54 Å². The van der Waals surface area contributed by atoms with Gasteiger partial charge in [0.1, 0.15) is 0 Å². The highest BCUT2D eigenvalue weighted by molar-refractivity contribution is 7.80. The van der Waals surface area contributed by atoms with E-state index in [9.17, 15) is 0 Å². The number of aryl methyl sites for hydroxylation is 2. The number of hydrogen-bond donors (Lipinski definition) is 2. The SMILES string of the molecule is Cc1ccc(C)c(CNC(N)=S)c1. The van der Waals surface area contributed by atoms with Crippen LogP contribution < -0.4 is 11.1 Å². The molecule has 0 bridgehead atoms. The molecule has 0 saturated carbocycles. The van der Waals surface area contributed by atoms with E-state index >= 15 is 0 Å². The van der Waals surface area contributed by atoms with Crippen molar-refractivity contribution in [2.45, 2.75) is 20.4 Å². The van der Waals surface area contributed by atoms with Crippen molar-refractivity contribution >= 4 is 17.3 Å². The molecule has 0 heterocycles. The standard InChI is InChI=1S/C10H14N2S/c1-7-3-4-8(2)9(5-7)6-12-10(11)13/h3-5H,6H2,1-2H3,(H3,11,12,13). The number of nitrogens with two attached hydrogens (primary N) is 1. The second-order valence-corrected chi connectivity index (χ2v) is 3.59. The number of thiocarbonyl (C=S) groups is 1. The largest absolute Gasteiger partial charge is 0.376 e. The van der Waals surface area contributed by atoms with Gasteiger partial charge in [-0.25, -0.2) is 0 Å². The molecule has 0 spiro atoms. The Morgan fingerprint density at radius 3 is 2.77 bits per heavy atom. The zero-order chi connectivity index (χ0) is 9.84. The second-order valence-electron chi connectivity index (χ2n) is 3.15. The summed E-state index contributed by atoms with van der Waals surface area (Å²) in [7, 11) is 0. The van der Waals surface area contributed by atoms with Crippen LogP contribution in [0.25, 0.3) is 0 Å². The summed E-state index contributed by atoms with van der Waals surface area (Å²) in [6.07, 6.45) is 0. The number of nitrogens with one attached hydrogen (secondary N) is 1. The first-order valence-electron chi connectivity index (χ1n) is 4.19. The van der Waals surface area contributed by atoms with Crippen molar-refractivity contribution in [3.63, 3.8) is 0 Å². The summed E-state index contributed by atoms with van der Waals surface area (Å²) >= 11 is 4.74. The van der Waals surface area contributed by atoms with E-state index in [0.29, 0.717) is 11.7 Å². The highest BCUT2D eigenvalue weighted by atomic mass is 32.1. The molecular formula is C10H14N2S. The molecule has 3 heteroatoms. The predicted molar refractivity (Wildman–Crippen MR) is 59.5 cm³/mol. The highest BCUT2D eigenvalue weighted by Crippen LogP contribution is 2.09. The maximum absolute atomic E-state index is 5.35. The molecule has 0 radical (unpaired) electrons. The second kappa shape index (κ2) is 4.23. The molecule has 2 nitrogen and oxygen atoms in total. The third-order valence-electron chi connectivity index (χ3n) is 1.96. The summed E-state index contributed by atoms with van der Waals surface area (Å²) < 4.78 is 0. The van der Waals surface area contributed by atoms with Gasteiger partial charge in [-0.1, -0.05) is 23.8 Å². The Morgan fingerprint density at radius 2 is 2.15 bits per heavy atom. The van der Waals surface area contributed by atoms with Crippen molar-refractivity contribution in [2.24, 2.45) is 5.73 Å². The molecule has 0 aliphatic rings. The summed E-state index contributed by atoms with van der Waals surface area (Å²) in [6, 6.07) is 6.34. The molecule has 0 amide bonds. The van der Waals surface area contributed by atoms with Gasteiger partial charge in [-0.3, -0.25) is 0 Å². The zero-order valence-electron chi connectivity index (χ0n) is 7.92. The minimum Gasteiger partial charge on any atom is -0.376 e. The molecule has 0 saturated heterocycles. The first-order chi connectivity index (χ1) is 6.09. The fraction of sp³-hybridized carbons (Fsp3) is 0.300. The summed E-state index contributed by atoms with van der Waals surface area (Å²) in [5.74, 6) is 0. The van der Waals surface area contributed by atoms with Crippen molar-refractivity contribution < 1.29 is 0 Å². The Morgan fingerprint density at radius 1 is 1.46 bits per heavy atom. The highest BCUT2D eigenvalue weighted by Gasteiger charge is 1.97. The van der Waals surface area contributed by atoms with E-state index in [4.69, 9.17) is 18.0 Å². The smallest absolute Gasteiger partial charge is 0.163 e. The van der Waals surface area contributed by atoms with Crippen molar-refractivity contribution in [2.75, 3.05) is 0 Å². The lowest BCUT2D eigenvalue weighted by Crippen LogP contribution is -2.28. The van der Waals surface area contributed by atoms with Crippen LogP contribution in [0.5, 0.6) is 0 Å². The van der Waals surface area contributed by atoms with Crippen LogP contribution in [0.15, 0.2) is 18.2 Å². The molecule has 13 heavy (non-hydrogen) atoms. The lowest BCUT2D eigenvalue weighted by molar-refractivity contribution is 0.908. The molecular weight excluding hydrogens is 180 g/mol. The van der Waals surface area contributed by atoms with Gasteiger partial charge in [0, 0.05) is 6.54 Å². The number of benzene rings is 1. The van der Waals surface area contributed by atoms with Gasteiger partial charge in [-0.05, 0) is 37.2 Å². The molecule has 0 aliphatic heterocycles. The van der Waals surface area contributed by atoms with Crippen LogP contribution in [0, 0.1) is 13.8 Å². The van der Waals surface area contributed by atoms with Gasteiger partial charge in [0.2, 0.25) is 0 Å². The molecule has 1 rings (SSSR count). The van der Waals surface area contributed by atoms with Crippen LogP contribution in [0.4, 0.5) is 0 Å². The molecule has 70 valence electrons. The molecule has 0 aromatic heterocycles. The van der Waals surface area contributed by atoms with E-state index in [1.165, 1.54) is 16.7 Å². The van der Waals surface area contributed by atoms with Gasteiger partial charge in [0.15, 0.2) is 5.11 Å². The Labute approximate surface area is 84.1 Å². The van der Waals surface area contributed by atoms with Crippen molar-refractivity contribution in [1.82, 2.24) is 5.32 Å². The third-order valence-corrected chi connectivity index (χ3v) is 2.10. The average molecular weight is 194 g/mol. The van der Waals surface area contributed by atoms with Crippen molar-refractivity contribution in [3.8, 4) is 0 Å². The molecule has 1 aromatic carbocycles. The molecule has 0 aliphatic carbocycles. The Hall–Kier alpha value is -1.09. The predicted octanol–water partition coefficient (Wildman–Crippen LogP) is 1.64. The number of rotatable bonds is 2. The first kappa shape index (κ1) is 9.99. The van der Waals surface area contributed by atoms with Gasteiger partial charge in [-0.15, -0.1) is 0 Å². The summed E-state index contributed by atoms with van der Waals surface area (Å²) in [5, 5.41) is 3.29. The van der Waals surface area contributed by atoms with Crippen LogP contribution in [-0.4, -0.2) is 5.11 Å². The van der Waals surface area contributed by atoms with Gasteiger partial charge < -0.3 is 11.1 Å². The van der Waals surface area contributed by atoms with Crippen molar-refractivity contribution in [3.05, 3.63) is 34.9 Å². The monoisotopic (exact) mass is 194 g/mol. The quantitative estimate of drug-likeness (QED) is 0.703. The van der Waals surface area contributed by atoms with Gasteiger partial charge in [0.25, 0.3) is 0 Å². The fourth-order valence-electron chi connectivity index (χ4n) is 1.17. The van der Waals surface area contributed by atoms with E-state index in [1.54, 1.807) is 0 Å². The van der Waals surface area contributed by atoms with Crippen LogP contribution in [0.3, 0.4) is 0 Å². The minimum absolute atomic E-state index is 0.348. The Bertz CT molecular complexity index is 321. The van der Waals surface area contributed by atoms with Crippen molar-refractivity contribution in [1.29, 1.82) is 0 Å². The molecule has 0 unspecified atom stereocenters. The normalized spacial score (nSPS) is 9.69. The van der Waals surface area contributed by atoms with E-state index in [0.717, 1.165) is 0 Å². The first-order valence-corrected chi connectivity index (χ1v) is 4.60. The molecule has 0 atom stereocenters. The number of hydrogen-bond acceptors (Lipinski definition) is 1. The maximum atomic E-state index is 5.35. The lowest BCUT2D eigenvalue weighted by atomic mass is 10.1. The zero-order valence-corrected chi connectivity index (χ0v) is 8.74. The average Bonchev–Trinajstić information content (AvgIpc) is 2.06. The molecule has 3 N–H and O–H groups in total. The summed E-state index contributed by atoms with van der Waals surface area (Å²) in [6.45, 7) is 4.86. The third kappa shape index (κ3) is 3.03. The maximum Gasteiger partial charge on any atom is 0.163 e. The van der Waals surface area contributed by atoms with Crippen LogP contribution in [0.1, 0.15) is 16.7 Å². The topological polar surface area (TPSA) is 38.0 Å². The van der Waals surface area contributed by atoms with E-state index < -0.39 is 0 Å².